The zero-order chi connectivity index (χ0) is 37.2. The molecule has 2 heterocycles. The SMILES string of the molecule is CCCCCCCC/C=C/[C@@H](OCOCC[Si](C)(C)C)[C@H]1CC[C@H]([C@H]2CC[C@H]([C@@H](/C=C/CCCCCCCCO)OCOCC[Si](C)(C)C)O2)O1. The van der Waals surface area contributed by atoms with Crippen LogP contribution in [-0.2, 0) is 28.4 Å². The van der Waals surface area contributed by atoms with Gasteiger partial charge in [-0.1, -0.05) is 128 Å². The van der Waals surface area contributed by atoms with Gasteiger partial charge in [-0.2, -0.15) is 0 Å². The Morgan fingerprint density at radius 1 is 0.588 bits per heavy atom. The minimum Gasteiger partial charge on any atom is -0.396 e. The van der Waals surface area contributed by atoms with Crippen LogP contribution >= 0.6 is 0 Å². The number of hydrogen-bond donors (Lipinski definition) is 1. The van der Waals surface area contributed by atoms with Gasteiger partial charge in [0.2, 0.25) is 0 Å². The molecule has 51 heavy (non-hydrogen) atoms. The summed E-state index contributed by atoms with van der Waals surface area (Å²) in [4.78, 5) is 0. The maximum absolute atomic E-state index is 8.99. The number of aliphatic hydroxyl groups is 1. The van der Waals surface area contributed by atoms with E-state index in [0.29, 0.717) is 20.2 Å². The average Bonchev–Trinajstić information content (AvgIpc) is 3.76. The van der Waals surface area contributed by atoms with E-state index in [-0.39, 0.29) is 36.6 Å². The minimum atomic E-state index is -1.14. The van der Waals surface area contributed by atoms with Crippen molar-refractivity contribution in [1.29, 1.82) is 0 Å². The molecule has 6 atom stereocenters. The van der Waals surface area contributed by atoms with E-state index >= 15 is 0 Å². The van der Waals surface area contributed by atoms with E-state index in [0.717, 1.165) is 76.7 Å². The molecule has 2 rings (SSSR count). The molecule has 0 spiro atoms. The fourth-order valence-corrected chi connectivity index (χ4v) is 8.21. The van der Waals surface area contributed by atoms with Crippen molar-refractivity contribution in [1.82, 2.24) is 0 Å². The Morgan fingerprint density at radius 3 is 1.41 bits per heavy atom. The second-order valence-corrected chi connectivity index (χ2v) is 28.8. The number of ether oxygens (including phenoxy) is 6. The van der Waals surface area contributed by atoms with Crippen LogP contribution in [0.25, 0.3) is 0 Å². The van der Waals surface area contributed by atoms with Gasteiger partial charge in [0.15, 0.2) is 0 Å². The van der Waals surface area contributed by atoms with Crippen molar-refractivity contribution < 1.29 is 33.5 Å². The summed E-state index contributed by atoms with van der Waals surface area (Å²) < 4.78 is 38.0. The molecule has 0 aliphatic carbocycles. The fourth-order valence-electron chi connectivity index (χ4n) is 6.69. The van der Waals surface area contributed by atoms with Gasteiger partial charge in [0.25, 0.3) is 0 Å². The average molecular weight is 755 g/mol. The van der Waals surface area contributed by atoms with E-state index in [1.54, 1.807) is 0 Å². The second-order valence-electron chi connectivity index (χ2n) is 17.6. The lowest BCUT2D eigenvalue weighted by Crippen LogP contribution is -2.34. The summed E-state index contributed by atoms with van der Waals surface area (Å²) >= 11 is 0. The molecule has 300 valence electrons. The Kier molecular flexibility index (Phi) is 25.8. The molecule has 0 aromatic carbocycles. The lowest BCUT2D eigenvalue weighted by Gasteiger charge is -2.26. The van der Waals surface area contributed by atoms with Crippen LogP contribution in [-0.4, -0.2) is 91.3 Å². The third-order valence-electron chi connectivity index (χ3n) is 10.2. The van der Waals surface area contributed by atoms with Gasteiger partial charge in [-0.05, 0) is 69.9 Å². The molecule has 2 saturated heterocycles. The maximum atomic E-state index is 8.99. The van der Waals surface area contributed by atoms with E-state index in [9.17, 15) is 0 Å². The number of rotatable bonds is 32. The topological polar surface area (TPSA) is 75.6 Å². The number of aliphatic hydroxyl groups excluding tert-OH is 1. The van der Waals surface area contributed by atoms with Gasteiger partial charge in [0, 0.05) is 36.0 Å². The molecular weight excluding hydrogens is 673 g/mol. The third-order valence-corrected chi connectivity index (χ3v) is 13.6. The predicted molar refractivity (Wildman–Crippen MR) is 219 cm³/mol. The lowest BCUT2D eigenvalue weighted by molar-refractivity contribution is -0.146. The molecule has 0 aromatic heterocycles. The molecule has 0 amide bonds. The van der Waals surface area contributed by atoms with Gasteiger partial charge < -0.3 is 33.5 Å². The molecular formula is C42H82O7Si2. The molecule has 1 N–H and O–H groups in total. The minimum absolute atomic E-state index is 0.0111. The highest BCUT2D eigenvalue weighted by molar-refractivity contribution is 6.76. The molecule has 0 radical (unpaired) electrons. The van der Waals surface area contributed by atoms with Gasteiger partial charge in [0.05, 0.1) is 24.4 Å². The highest BCUT2D eigenvalue weighted by Crippen LogP contribution is 2.35. The summed E-state index contributed by atoms with van der Waals surface area (Å²) in [5, 5.41) is 8.99. The fraction of sp³-hybridized carbons (Fsp3) is 0.905. The van der Waals surface area contributed by atoms with E-state index in [2.05, 4.69) is 70.5 Å². The van der Waals surface area contributed by atoms with Gasteiger partial charge in [0.1, 0.15) is 25.8 Å². The molecule has 2 aliphatic rings. The van der Waals surface area contributed by atoms with E-state index in [1.807, 2.05) is 0 Å². The Labute approximate surface area is 317 Å². The van der Waals surface area contributed by atoms with Crippen LogP contribution in [0.5, 0.6) is 0 Å². The molecule has 0 aromatic rings. The highest BCUT2D eigenvalue weighted by Gasteiger charge is 2.41. The first-order valence-corrected chi connectivity index (χ1v) is 28.6. The van der Waals surface area contributed by atoms with Crippen LogP contribution < -0.4 is 0 Å². The van der Waals surface area contributed by atoms with Gasteiger partial charge in [-0.25, -0.2) is 0 Å². The molecule has 7 nitrogen and oxygen atoms in total. The highest BCUT2D eigenvalue weighted by atomic mass is 28.3. The van der Waals surface area contributed by atoms with Crippen LogP contribution in [0.3, 0.4) is 0 Å². The molecule has 0 bridgehead atoms. The van der Waals surface area contributed by atoms with Crippen molar-refractivity contribution >= 4 is 16.1 Å². The first-order valence-electron chi connectivity index (χ1n) is 21.2. The number of unbranched alkanes of at least 4 members (excludes halogenated alkanes) is 12. The van der Waals surface area contributed by atoms with Crippen LogP contribution in [0.2, 0.25) is 51.4 Å². The normalized spacial score (nSPS) is 22.9. The van der Waals surface area contributed by atoms with Crippen LogP contribution in [0.4, 0.5) is 0 Å². The summed E-state index contributed by atoms with van der Waals surface area (Å²) in [6.07, 6.45) is 29.9. The third kappa shape index (κ3) is 23.9. The number of hydrogen-bond acceptors (Lipinski definition) is 7. The predicted octanol–water partition coefficient (Wildman–Crippen LogP) is 11.1. The molecule has 2 fully saturated rings. The molecule has 9 heteroatoms. The zero-order valence-electron chi connectivity index (χ0n) is 34.3. The lowest BCUT2D eigenvalue weighted by atomic mass is 10.0. The van der Waals surface area contributed by atoms with Crippen molar-refractivity contribution in [2.24, 2.45) is 0 Å². The largest absolute Gasteiger partial charge is 0.396 e. The first-order chi connectivity index (χ1) is 24.5. The van der Waals surface area contributed by atoms with E-state index < -0.39 is 16.1 Å². The van der Waals surface area contributed by atoms with E-state index in [1.165, 1.54) is 64.2 Å². The maximum Gasteiger partial charge on any atom is 0.147 e. The van der Waals surface area contributed by atoms with E-state index in [4.69, 9.17) is 33.5 Å². The van der Waals surface area contributed by atoms with Crippen LogP contribution in [0.1, 0.15) is 122 Å². The summed E-state index contributed by atoms with van der Waals surface area (Å²) in [7, 11) is -2.28. The molecule has 2 aliphatic heterocycles. The quantitative estimate of drug-likeness (QED) is 0.0317. The first kappa shape index (κ1) is 46.8. The van der Waals surface area contributed by atoms with Crippen molar-refractivity contribution in [3.05, 3.63) is 24.3 Å². The van der Waals surface area contributed by atoms with Gasteiger partial charge in [-0.15, -0.1) is 0 Å². The Hall–Kier alpha value is -0.366. The standard InChI is InChI=1S/C42H82O7Si2/c1-8-9-10-11-12-15-18-21-24-37(46-35-44-31-33-50(2,3)4)39-26-28-41(48-39)42-29-27-40(49-42)38(47-36-45-32-34-51(5,6)7)25-22-19-16-13-14-17-20-23-30-43/h21-22,24-25,37-43H,8-20,23,26-36H2,1-7H3/b24-21+,25-22+/t37-,38-,39-,40-,41-,42-/m1/s1. The Bertz CT molecular complexity index is 887. The monoisotopic (exact) mass is 755 g/mol. The van der Waals surface area contributed by atoms with Crippen molar-refractivity contribution in [3.63, 3.8) is 0 Å². The zero-order valence-corrected chi connectivity index (χ0v) is 36.3. The van der Waals surface area contributed by atoms with Gasteiger partial charge in [-0.3, -0.25) is 0 Å². The van der Waals surface area contributed by atoms with Crippen LogP contribution in [0.15, 0.2) is 24.3 Å². The van der Waals surface area contributed by atoms with Crippen molar-refractivity contribution in [3.8, 4) is 0 Å². The molecule has 0 saturated carbocycles. The Balaban J connectivity index is 1.91. The molecule has 0 unspecified atom stereocenters. The smallest absolute Gasteiger partial charge is 0.147 e. The van der Waals surface area contributed by atoms with Crippen molar-refractivity contribution in [2.45, 2.75) is 210 Å². The van der Waals surface area contributed by atoms with Gasteiger partial charge >= 0.3 is 0 Å². The Morgan fingerprint density at radius 2 is 1.00 bits per heavy atom. The second kappa shape index (κ2) is 28.1. The summed E-state index contributed by atoms with van der Waals surface area (Å²) in [5.74, 6) is 0. The van der Waals surface area contributed by atoms with Crippen molar-refractivity contribution in [2.75, 3.05) is 33.4 Å². The number of allylic oxidation sites excluding steroid dienone is 2. The summed E-state index contributed by atoms with van der Waals surface area (Å²) in [6, 6.07) is 2.29. The van der Waals surface area contributed by atoms with Crippen LogP contribution in [0, 0.1) is 0 Å². The summed E-state index contributed by atoms with van der Waals surface area (Å²) in [6.45, 7) is 19.0. The summed E-state index contributed by atoms with van der Waals surface area (Å²) in [5.41, 5.74) is 0.